The molecule has 0 bridgehead atoms. The van der Waals surface area contributed by atoms with Crippen LogP contribution in [0.25, 0.3) is 0 Å². The maximum absolute atomic E-state index is 3.81. The van der Waals surface area contributed by atoms with E-state index < -0.39 is 0 Å². The van der Waals surface area contributed by atoms with Gasteiger partial charge in [0.25, 0.3) is 0 Å². The molecule has 0 aromatic heterocycles. The number of hydrogen-bond donors (Lipinski definition) is 2. The lowest BCUT2D eigenvalue weighted by Crippen LogP contribution is -2.42. The van der Waals surface area contributed by atoms with E-state index in [1.54, 1.807) is 0 Å². The summed E-state index contributed by atoms with van der Waals surface area (Å²) in [6, 6.07) is 0. The van der Waals surface area contributed by atoms with Gasteiger partial charge in [-0.1, -0.05) is 93.9 Å². The largest absolute Gasteiger partial charge is 0.317 e. The van der Waals surface area contributed by atoms with Gasteiger partial charge in [-0.05, 0) is 94.4 Å². The zero-order valence-corrected chi connectivity index (χ0v) is 24.7. The summed E-state index contributed by atoms with van der Waals surface area (Å²) in [4.78, 5) is 2.47. The molecule has 0 amide bonds. The van der Waals surface area contributed by atoms with Crippen LogP contribution in [0.15, 0.2) is 0 Å². The molecule has 0 aromatic rings. The second-order valence-electron chi connectivity index (χ2n) is 12.2. The van der Waals surface area contributed by atoms with Crippen molar-refractivity contribution < 1.29 is 0 Å². The van der Waals surface area contributed by atoms with Gasteiger partial charge in [0, 0.05) is 6.67 Å². The van der Waals surface area contributed by atoms with E-state index in [9.17, 15) is 0 Å². The average Bonchev–Trinajstić information content (AvgIpc) is 2.76. The third kappa shape index (κ3) is 14.1. The van der Waals surface area contributed by atoms with Gasteiger partial charge in [0.15, 0.2) is 0 Å². The maximum atomic E-state index is 3.81. The monoisotopic (exact) mass is 468 g/mol. The molecular weight excluding hydrogens is 402 g/mol. The molecule has 0 aliphatic carbocycles. The molecule has 4 atom stereocenters. The van der Waals surface area contributed by atoms with Gasteiger partial charge in [-0.2, -0.15) is 0 Å². The first kappa shape index (κ1) is 32.9. The lowest BCUT2D eigenvalue weighted by Gasteiger charge is -2.47. The smallest absolute Gasteiger partial charge is 0.0475 e. The van der Waals surface area contributed by atoms with E-state index in [1.165, 1.54) is 83.8 Å². The van der Waals surface area contributed by atoms with Crippen LogP contribution in [-0.2, 0) is 0 Å². The predicted molar refractivity (Wildman–Crippen MR) is 151 cm³/mol. The first-order chi connectivity index (χ1) is 15.6. The molecule has 0 spiro atoms. The molecule has 0 heterocycles. The SMILES string of the molecule is CCCCC(CCNCCC(C)C)C(C(CCN(C)CNC)C(C)CC)C(C)(C)CCCC. The van der Waals surface area contributed by atoms with Crippen molar-refractivity contribution in [3.05, 3.63) is 0 Å². The molecule has 0 aliphatic rings. The highest BCUT2D eigenvalue weighted by molar-refractivity contribution is 4.91. The van der Waals surface area contributed by atoms with E-state index in [-0.39, 0.29) is 0 Å². The Labute approximate surface area is 210 Å². The summed E-state index contributed by atoms with van der Waals surface area (Å²) in [6.07, 6.45) is 13.4. The Morgan fingerprint density at radius 1 is 0.848 bits per heavy atom. The summed E-state index contributed by atoms with van der Waals surface area (Å²) >= 11 is 0. The van der Waals surface area contributed by atoms with Crippen molar-refractivity contribution in [3.63, 3.8) is 0 Å². The fraction of sp³-hybridized carbons (Fsp3) is 1.00. The number of rotatable bonds is 22. The third-order valence-electron chi connectivity index (χ3n) is 8.21. The lowest BCUT2D eigenvalue weighted by atomic mass is 9.58. The van der Waals surface area contributed by atoms with E-state index in [2.05, 4.69) is 85.0 Å². The number of nitrogens with zero attached hydrogens (tertiary/aromatic N) is 1. The van der Waals surface area contributed by atoms with E-state index in [0.717, 1.165) is 36.3 Å². The highest BCUT2D eigenvalue weighted by Crippen LogP contribution is 2.48. The number of unbranched alkanes of at least 4 members (excludes halogenated alkanes) is 2. The van der Waals surface area contributed by atoms with E-state index in [1.807, 2.05) is 0 Å². The molecule has 0 saturated heterocycles. The van der Waals surface area contributed by atoms with Gasteiger partial charge in [-0.3, -0.25) is 4.90 Å². The minimum atomic E-state index is 0.405. The highest BCUT2D eigenvalue weighted by atomic mass is 15.2. The Hall–Kier alpha value is -0.120. The Balaban J connectivity index is 5.78. The van der Waals surface area contributed by atoms with Gasteiger partial charge in [-0.15, -0.1) is 0 Å². The Bertz CT molecular complexity index is 434. The standard InChI is InChI=1S/C30H65N3/c1-11-14-16-27(18-22-32-21-17-25(4)5)29(30(7,8)20-15-12-2)28(26(6)13-3)19-23-33(10)24-31-9/h25-29,31-32H,11-24H2,1-10H3. The molecular formula is C30H65N3. The first-order valence-electron chi connectivity index (χ1n) is 14.7. The maximum Gasteiger partial charge on any atom is 0.0475 e. The Kier molecular flexibility index (Phi) is 19.0. The zero-order chi connectivity index (χ0) is 25.3. The van der Waals surface area contributed by atoms with Crippen molar-refractivity contribution in [1.82, 2.24) is 15.5 Å². The topological polar surface area (TPSA) is 27.3 Å². The minimum absolute atomic E-state index is 0.405. The van der Waals surface area contributed by atoms with Crippen LogP contribution in [0.4, 0.5) is 0 Å². The van der Waals surface area contributed by atoms with Crippen molar-refractivity contribution in [3.8, 4) is 0 Å². The van der Waals surface area contributed by atoms with Crippen molar-refractivity contribution in [1.29, 1.82) is 0 Å². The van der Waals surface area contributed by atoms with Gasteiger partial charge >= 0.3 is 0 Å². The molecule has 3 heteroatoms. The summed E-state index contributed by atoms with van der Waals surface area (Å²) in [5.41, 5.74) is 0.405. The van der Waals surface area contributed by atoms with Gasteiger partial charge in [0.05, 0.1) is 0 Å². The van der Waals surface area contributed by atoms with Crippen LogP contribution >= 0.6 is 0 Å². The van der Waals surface area contributed by atoms with Gasteiger partial charge in [0.1, 0.15) is 0 Å². The lowest BCUT2D eigenvalue weighted by molar-refractivity contribution is 0.0190. The summed E-state index contributed by atoms with van der Waals surface area (Å²) in [5, 5.41) is 7.14. The van der Waals surface area contributed by atoms with Crippen LogP contribution < -0.4 is 10.6 Å². The fourth-order valence-corrected chi connectivity index (χ4v) is 5.98. The molecule has 0 rings (SSSR count). The molecule has 33 heavy (non-hydrogen) atoms. The van der Waals surface area contributed by atoms with Crippen LogP contribution in [0.3, 0.4) is 0 Å². The normalized spacial score (nSPS) is 16.4. The second-order valence-corrected chi connectivity index (χ2v) is 12.2. The van der Waals surface area contributed by atoms with Crippen molar-refractivity contribution in [2.75, 3.05) is 40.4 Å². The fourth-order valence-electron chi connectivity index (χ4n) is 5.98. The number of nitrogens with one attached hydrogen (secondary N) is 2. The molecule has 0 aromatic carbocycles. The first-order valence-corrected chi connectivity index (χ1v) is 14.7. The zero-order valence-electron chi connectivity index (χ0n) is 24.7. The van der Waals surface area contributed by atoms with Gasteiger partial charge in [0.2, 0.25) is 0 Å². The third-order valence-corrected chi connectivity index (χ3v) is 8.21. The van der Waals surface area contributed by atoms with Crippen LogP contribution in [0.5, 0.6) is 0 Å². The van der Waals surface area contributed by atoms with Gasteiger partial charge < -0.3 is 10.6 Å². The highest BCUT2D eigenvalue weighted by Gasteiger charge is 2.41. The van der Waals surface area contributed by atoms with E-state index in [4.69, 9.17) is 0 Å². The molecule has 200 valence electrons. The second kappa shape index (κ2) is 19.1. The van der Waals surface area contributed by atoms with Crippen LogP contribution in [0.2, 0.25) is 0 Å². The van der Waals surface area contributed by atoms with Crippen molar-refractivity contribution in [2.24, 2.45) is 35.0 Å². The van der Waals surface area contributed by atoms with E-state index in [0.29, 0.717) is 5.41 Å². The van der Waals surface area contributed by atoms with Gasteiger partial charge in [-0.25, -0.2) is 0 Å². The molecule has 0 aliphatic heterocycles. The van der Waals surface area contributed by atoms with Crippen molar-refractivity contribution >= 4 is 0 Å². The van der Waals surface area contributed by atoms with Crippen molar-refractivity contribution in [2.45, 2.75) is 120 Å². The summed E-state index contributed by atoms with van der Waals surface area (Å²) in [7, 11) is 4.33. The quantitative estimate of drug-likeness (QED) is 0.125. The van der Waals surface area contributed by atoms with Crippen LogP contribution in [-0.4, -0.2) is 45.3 Å². The summed E-state index contributed by atoms with van der Waals surface area (Å²) < 4.78 is 0. The molecule has 0 saturated carbocycles. The molecule has 0 radical (unpaired) electrons. The number of hydrogen-bond acceptors (Lipinski definition) is 3. The molecule has 0 fully saturated rings. The average molecular weight is 468 g/mol. The predicted octanol–water partition coefficient (Wildman–Crippen LogP) is 7.81. The van der Waals surface area contributed by atoms with Crippen LogP contribution in [0, 0.1) is 35.0 Å². The Morgan fingerprint density at radius 2 is 1.48 bits per heavy atom. The summed E-state index contributed by atoms with van der Waals surface area (Å²) in [5.74, 6) is 4.02. The summed E-state index contributed by atoms with van der Waals surface area (Å²) in [6.45, 7) is 24.1. The van der Waals surface area contributed by atoms with Crippen LogP contribution in [0.1, 0.15) is 120 Å². The molecule has 4 unspecified atom stereocenters. The molecule has 2 N–H and O–H groups in total. The Morgan fingerprint density at radius 3 is 2.03 bits per heavy atom. The van der Waals surface area contributed by atoms with E-state index >= 15 is 0 Å². The minimum Gasteiger partial charge on any atom is -0.317 e. The molecule has 3 nitrogen and oxygen atoms in total.